The van der Waals surface area contributed by atoms with Crippen molar-refractivity contribution in [3.8, 4) is 0 Å². The van der Waals surface area contributed by atoms with Crippen molar-refractivity contribution in [2.75, 3.05) is 0 Å². The Hall–Kier alpha value is -0.500. The van der Waals surface area contributed by atoms with Crippen LogP contribution in [-0.4, -0.2) is 4.98 Å². The monoisotopic (exact) mass is 213 g/mol. The lowest BCUT2D eigenvalue weighted by atomic mass is 10.0. The van der Waals surface area contributed by atoms with Gasteiger partial charge in [-0.25, -0.2) is 4.98 Å². The minimum Gasteiger partial charge on any atom is -0.444 e. The number of aromatic nitrogens is 1. The number of halogens is 1. The van der Waals surface area contributed by atoms with Crippen molar-refractivity contribution in [2.45, 2.75) is 44.9 Å². The Kier molecular flexibility index (Phi) is 3.12. The zero-order valence-corrected chi connectivity index (χ0v) is 9.31. The lowest BCUT2D eigenvalue weighted by Gasteiger charge is -2.03. The summed E-state index contributed by atoms with van der Waals surface area (Å²) in [6.45, 7) is 1.96. The number of aryl methyl sites for hydroxylation is 1. The van der Waals surface area contributed by atoms with E-state index in [0.717, 1.165) is 29.7 Å². The van der Waals surface area contributed by atoms with E-state index in [1.807, 2.05) is 6.92 Å². The SMILES string of the molecule is Cc1nc(CC2CCCC2)oc1CCl. The molecule has 0 N–H and O–H groups in total. The molecule has 78 valence electrons. The maximum atomic E-state index is 5.73. The van der Waals surface area contributed by atoms with Gasteiger partial charge in [-0.2, -0.15) is 0 Å². The highest BCUT2D eigenvalue weighted by molar-refractivity contribution is 6.16. The van der Waals surface area contributed by atoms with Crippen molar-refractivity contribution < 1.29 is 4.42 Å². The summed E-state index contributed by atoms with van der Waals surface area (Å²) in [5.74, 6) is 2.93. The van der Waals surface area contributed by atoms with E-state index in [9.17, 15) is 0 Å². The first kappa shape index (κ1) is 10.0. The third-order valence-electron chi connectivity index (χ3n) is 3.00. The average molecular weight is 214 g/mol. The van der Waals surface area contributed by atoms with Gasteiger partial charge in [0.1, 0.15) is 5.76 Å². The van der Waals surface area contributed by atoms with Crippen molar-refractivity contribution in [1.29, 1.82) is 0 Å². The largest absolute Gasteiger partial charge is 0.444 e. The van der Waals surface area contributed by atoms with Crippen LogP contribution in [0.1, 0.15) is 43.0 Å². The number of hydrogen-bond donors (Lipinski definition) is 0. The van der Waals surface area contributed by atoms with Gasteiger partial charge in [0.05, 0.1) is 11.6 Å². The van der Waals surface area contributed by atoms with Gasteiger partial charge >= 0.3 is 0 Å². The molecule has 14 heavy (non-hydrogen) atoms. The summed E-state index contributed by atoms with van der Waals surface area (Å²) in [6, 6.07) is 0. The molecule has 0 amide bonds. The Morgan fingerprint density at radius 1 is 1.43 bits per heavy atom. The third kappa shape index (κ3) is 2.11. The summed E-state index contributed by atoms with van der Waals surface area (Å²) in [4.78, 5) is 4.39. The van der Waals surface area contributed by atoms with Crippen LogP contribution < -0.4 is 0 Å². The minimum atomic E-state index is 0.434. The summed E-state index contributed by atoms with van der Waals surface area (Å²) in [7, 11) is 0. The number of nitrogens with zero attached hydrogens (tertiary/aromatic N) is 1. The Morgan fingerprint density at radius 2 is 2.14 bits per heavy atom. The van der Waals surface area contributed by atoms with E-state index in [1.165, 1.54) is 25.7 Å². The van der Waals surface area contributed by atoms with Crippen LogP contribution in [-0.2, 0) is 12.3 Å². The summed E-state index contributed by atoms with van der Waals surface area (Å²) < 4.78 is 5.58. The molecular formula is C11H16ClNO. The molecule has 0 atom stereocenters. The second-order valence-corrected chi connectivity index (χ2v) is 4.37. The van der Waals surface area contributed by atoms with Gasteiger partial charge in [0, 0.05) is 6.42 Å². The summed E-state index contributed by atoms with van der Waals surface area (Å²) in [5.41, 5.74) is 0.952. The molecule has 1 fully saturated rings. The zero-order valence-electron chi connectivity index (χ0n) is 8.55. The first-order chi connectivity index (χ1) is 6.79. The van der Waals surface area contributed by atoms with Gasteiger partial charge in [-0.15, -0.1) is 11.6 Å². The Bertz CT molecular complexity index is 302. The second kappa shape index (κ2) is 4.35. The Morgan fingerprint density at radius 3 is 2.71 bits per heavy atom. The van der Waals surface area contributed by atoms with Crippen LogP contribution in [0.25, 0.3) is 0 Å². The molecule has 3 heteroatoms. The topological polar surface area (TPSA) is 26.0 Å². The van der Waals surface area contributed by atoms with E-state index in [1.54, 1.807) is 0 Å². The number of oxazole rings is 1. The quantitative estimate of drug-likeness (QED) is 0.719. The average Bonchev–Trinajstić information content (AvgIpc) is 2.76. The van der Waals surface area contributed by atoms with E-state index in [0.29, 0.717) is 5.88 Å². The first-order valence-corrected chi connectivity index (χ1v) is 5.84. The molecule has 1 aliphatic carbocycles. The second-order valence-electron chi connectivity index (χ2n) is 4.10. The first-order valence-electron chi connectivity index (χ1n) is 5.30. The molecule has 1 aromatic rings. The molecule has 1 heterocycles. The van der Waals surface area contributed by atoms with Crippen molar-refractivity contribution in [3.63, 3.8) is 0 Å². The highest BCUT2D eigenvalue weighted by atomic mass is 35.5. The van der Waals surface area contributed by atoms with Gasteiger partial charge < -0.3 is 4.42 Å². The zero-order chi connectivity index (χ0) is 9.97. The predicted octanol–water partition coefficient (Wildman–Crippen LogP) is 3.45. The van der Waals surface area contributed by atoms with Crippen LogP contribution in [0.5, 0.6) is 0 Å². The van der Waals surface area contributed by atoms with Crippen LogP contribution in [0.15, 0.2) is 4.42 Å². The molecule has 0 saturated heterocycles. The molecule has 1 aliphatic rings. The van der Waals surface area contributed by atoms with Crippen molar-refractivity contribution in [1.82, 2.24) is 4.98 Å². The highest BCUT2D eigenvalue weighted by Crippen LogP contribution is 2.28. The third-order valence-corrected chi connectivity index (χ3v) is 3.24. The number of rotatable bonds is 3. The van der Waals surface area contributed by atoms with Gasteiger partial charge in [0.25, 0.3) is 0 Å². The van der Waals surface area contributed by atoms with Crippen LogP contribution in [0.2, 0.25) is 0 Å². The normalized spacial score (nSPS) is 17.9. The van der Waals surface area contributed by atoms with E-state index in [-0.39, 0.29) is 0 Å². The van der Waals surface area contributed by atoms with Gasteiger partial charge in [-0.3, -0.25) is 0 Å². The molecule has 2 rings (SSSR count). The molecule has 0 spiro atoms. The summed E-state index contributed by atoms with van der Waals surface area (Å²) in [6.07, 6.45) is 6.40. The van der Waals surface area contributed by atoms with Crippen LogP contribution in [0.4, 0.5) is 0 Å². The molecular weight excluding hydrogens is 198 g/mol. The Labute approximate surface area is 89.7 Å². The van der Waals surface area contributed by atoms with E-state index >= 15 is 0 Å². The fourth-order valence-electron chi connectivity index (χ4n) is 2.16. The fourth-order valence-corrected chi connectivity index (χ4v) is 2.41. The maximum Gasteiger partial charge on any atom is 0.194 e. The molecule has 0 unspecified atom stereocenters. The van der Waals surface area contributed by atoms with Crippen LogP contribution >= 0.6 is 11.6 Å². The lowest BCUT2D eigenvalue weighted by Crippen LogP contribution is -1.98. The molecule has 0 aliphatic heterocycles. The molecule has 0 aromatic carbocycles. The standard InChI is InChI=1S/C11H16ClNO/c1-8-10(7-12)14-11(13-8)6-9-4-2-3-5-9/h9H,2-7H2,1H3. The summed E-state index contributed by atoms with van der Waals surface area (Å²) in [5, 5.41) is 0. The molecule has 1 saturated carbocycles. The van der Waals surface area contributed by atoms with Crippen LogP contribution in [0, 0.1) is 12.8 Å². The maximum absolute atomic E-state index is 5.73. The molecule has 0 bridgehead atoms. The van der Waals surface area contributed by atoms with Gasteiger partial charge in [0.15, 0.2) is 5.89 Å². The summed E-state index contributed by atoms with van der Waals surface area (Å²) >= 11 is 5.73. The van der Waals surface area contributed by atoms with E-state index in [2.05, 4.69) is 4.98 Å². The number of hydrogen-bond acceptors (Lipinski definition) is 2. The van der Waals surface area contributed by atoms with Crippen LogP contribution in [0.3, 0.4) is 0 Å². The van der Waals surface area contributed by atoms with Gasteiger partial charge in [-0.05, 0) is 25.7 Å². The minimum absolute atomic E-state index is 0.434. The molecule has 2 nitrogen and oxygen atoms in total. The van der Waals surface area contributed by atoms with Crippen molar-refractivity contribution in [2.24, 2.45) is 5.92 Å². The van der Waals surface area contributed by atoms with E-state index < -0.39 is 0 Å². The Balaban J connectivity index is 2.01. The lowest BCUT2D eigenvalue weighted by molar-refractivity contribution is 0.416. The smallest absolute Gasteiger partial charge is 0.194 e. The molecule has 1 aromatic heterocycles. The predicted molar refractivity (Wildman–Crippen MR) is 56.5 cm³/mol. The van der Waals surface area contributed by atoms with Crippen molar-refractivity contribution in [3.05, 3.63) is 17.3 Å². The number of alkyl halides is 1. The fraction of sp³-hybridized carbons (Fsp3) is 0.727. The molecule has 0 radical (unpaired) electrons. The highest BCUT2D eigenvalue weighted by Gasteiger charge is 2.18. The van der Waals surface area contributed by atoms with Crippen molar-refractivity contribution >= 4 is 11.6 Å². The van der Waals surface area contributed by atoms with Gasteiger partial charge in [0.2, 0.25) is 0 Å². The van der Waals surface area contributed by atoms with E-state index in [4.69, 9.17) is 16.0 Å². The van der Waals surface area contributed by atoms with Gasteiger partial charge in [-0.1, -0.05) is 12.8 Å².